The maximum atomic E-state index is 13.9. The molecule has 3 heterocycles. The standard InChI is InChI=1S/C35H31NO7/c37-32-26-18-10-11-19-27(26)33(38)36(32)29-31(39-20-23-12-4-1-5-13-23)30-28(22-41-34(43-30)25-16-8-3-9-17-25)42-35(29)40-21-24-14-6-2-7-15-24/h1-19,28-31,34-35H,20-22H2/t28?,29?,30-,31+,34?,35-/m1/s1. The molecular weight excluding hydrogens is 546 g/mol. The van der Waals surface area contributed by atoms with E-state index in [1.807, 2.05) is 91.0 Å². The van der Waals surface area contributed by atoms with Crippen molar-refractivity contribution in [1.82, 2.24) is 4.90 Å². The first-order valence-electron chi connectivity index (χ1n) is 14.4. The van der Waals surface area contributed by atoms with Gasteiger partial charge in [0.05, 0.1) is 30.9 Å². The number of hydrogen-bond donors (Lipinski definition) is 0. The second kappa shape index (κ2) is 12.2. The van der Waals surface area contributed by atoms with Crippen LogP contribution in [-0.2, 0) is 36.9 Å². The summed E-state index contributed by atoms with van der Waals surface area (Å²) in [5.41, 5.74) is 3.40. The first kappa shape index (κ1) is 27.6. The Morgan fingerprint density at radius 1 is 0.651 bits per heavy atom. The molecule has 2 saturated heterocycles. The van der Waals surface area contributed by atoms with E-state index in [1.165, 1.54) is 4.90 Å². The number of ether oxygens (including phenoxy) is 5. The summed E-state index contributed by atoms with van der Waals surface area (Å²) in [5.74, 6) is -0.832. The zero-order valence-corrected chi connectivity index (χ0v) is 23.4. The zero-order valence-electron chi connectivity index (χ0n) is 23.4. The summed E-state index contributed by atoms with van der Waals surface area (Å²) in [6.07, 6.45) is -3.66. The molecule has 3 aliphatic rings. The Morgan fingerprint density at radius 2 is 1.19 bits per heavy atom. The second-order valence-electron chi connectivity index (χ2n) is 10.8. The average Bonchev–Trinajstić information content (AvgIpc) is 3.32. The molecule has 3 unspecified atom stereocenters. The van der Waals surface area contributed by atoms with Crippen LogP contribution in [0.2, 0.25) is 0 Å². The molecule has 2 fully saturated rings. The molecule has 7 rings (SSSR count). The van der Waals surface area contributed by atoms with Crippen molar-refractivity contribution < 1.29 is 33.3 Å². The van der Waals surface area contributed by atoms with Crippen molar-refractivity contribution in [1.29, 1.82) is 0 Å². The number of hydrogen-bond acceptors (Lipinski definition) is 7. The quantitative estimate of drug-likeness (QED) is 0.263. The van der Waals surface area contributed by atoms with E-state index in [2.05, 4.69) is 0 Å². The highest BCUT2D eigenvalue weighted by molar-refractivity contribution is 6.21. The minimum atomic E-state index is -0.995. The molecule has 8 heteroatoms. The van der Waals surface area contributed by atoms with Crippen molar-refractivity contribution >= 4 is 11.8 Å². The number of carbonyl (C=O) groups excluding carboxylic acids is 2. The van der Waals surface area contributed by atoms with Gasteiger partial charge in [-0.1, -0.05) is 103 Å². The van der Waals surface area contributed by atoms with Crippen LogP contribution in [0.15, 0.2) is 115 Å². The highest BCUT2D eigenvalue weighted by Gasteiger charge is 2.57. The number of nitrogens with zero attached hydrogens (tertiary/aromatic N) is 1. The topological polar surface area (TPSA) is 83.5 Å². The summed E-state index contributed by atoms with van der Waals surface area (Å²) in [4.78, 5) is 29.0. The molecule has 43 heavy (non-hydrogen) atoms. The highest BCUT2D eigenvalue weighted by atomic mass is 16.7. The Morgan fingerprint density at radius 3 is 1.79 bits per heavy atom. The fourth-order valence-corrected chi connectivity index (χ4v) is 5.94. The zero-order chi connectivity index (χ0) is 29.2. The smallest absolute Gasteiger partial charge is 0.262 e. The lowest BCUT2D eigenvalue weighted by atomic mass is 9.94. The van der Waals surface area contributed by atoms with Crippen molar-refractivity contribution in [3.8, 4) is 0 Å². The fraction of sp³-hybridized carbons (Fsp3) is 0.257. The van der Waals surface area contributed by atoms with E-state index in [9.17, 15) is 9.59 Å². The predicted octanol–water partition coefficient (Wildman–Crippen LogP) is 5.29. The minimum absolute atomic E-state index is 0.211. The number of rotatable bonds is 8. The van der Waals surface area contributed by atoms with Crippen LogP contribution < -0.4 is 0 Å². The van der Waals surface area contributed by atoms with Crippen LogP contribution in [0, 0.1) is 0 Å². The molecule has 8 nitrogen and oxygen atoms in total. The molecule has 0 N–H and O–H groups in total. The molecule has 0 aromatic heterocycles. The highest BCUT2D eigenvalue weighted by Crippen LogP contribution is 2.40. The number of fused-ring (bicyclic) bond motifs is 2. The number of imide groups is 1. The van der Waals surface area contributed by atoms with Crippen LogP contribution in [-0.4, -0.2) is 54.0 Å². The van der Waals surface area contributed by atoms with Crippen LogP contribution >= 0.6 is 0 Å². The van der Waals surface area contributed by atoms with Crippen molar-refractivity contribution in [3.63, 3.8) is 0 Å². The maximum Gasteiger partial charge on any atom is 0.262 e. The van der Waals surface area contributed by atoms with Gasteiger partial charge in [-0.25, -0.2) is 0 Å². The monoisotopic (exact) mass is 577 g/mol. The first-order valence-corrected chi connectivity index (χ1v) is 14.4. The molecule has 4 aromatic rings. The van der Waals surface area contributed by atoms with E-state index in [0.29, 0.717) is 11.1 Å². The van der Waals surface area contributed by atoms with Gasteiger partial charge < -0.3 is 23.7 Å². The van der Waals surface area contributed by atoms with Crippen molar-refractivity contribution in [2.45, 2.75) is 50.1 Å². The van der Waals surface area contributed by atoms with Gasteiger partial charge in [-0.05, 0) is 23.3 Å². The summed E-state index contributed by atoms with van der Waals surface area (Å²) in [5, 5.41) is 0. The third kappa shape index (κ3) is 5.51. The summed E-state index contributed by atoms with van der Waals surface area (Å²) >= 11 is 0. The maximum absolute atomic E-state index is 13.9. The average molecular weight is 578 g/mol. The van der Waals surface area contributed by atoms with Crippen molar-refractivity contribution in [3.05, 3.63) is 143 Å². The number of benzene rings is 4. The molecule has 0 spiro atoms. The summed E-state index contributed by atoms with van der Waals surface area (Å²) in [7, 11) is 0. The summed E-state index contributed by atoms with van der Waals surface area (Å²) in [6.45, 7) is 0.664. The van der Waals surface area contributed by atoms with E-state index in [-0.39, 0.29) is 19.8 Å². The molecule has 218 valence electrons. The Hall–Kier alpha value is -4.18. The van der Waals surface area contributed by atoms with Crippen molar-refractivity contribution in [2.24, 2.45) is 0 Å². The van der Waals surface area contributed by atoms with Gasteiger partial charge in [-0.15, -0.1) is 0 Å². The lowest BCUT2D eigenvalue weighted by molar-refractivity contribution is -0.355. The van der Waals surface area contributed by atoms with E-state index >= 15 is 0 Å². The normalized spacial score (nSPS) is 26.7. The third-order valence-electron chi connectivity index (χ3n) is 8.04. The summed E-state index contributed by atoms with van der Waals surface area (Å²) in [6, 6.07) is 35.0. The van der Waals surface area contributed by atoms with Gasteiger partial charge in [0.1, 0.15) is 24.4 Å². The first-order chi connectivity index (χ1) is 21.2. The molecule has 4 aromatic carbocycles. The molecule has 6 atom stereocenters. The van der Waals surface area contributed by atoms with Crippen LogP contribution in [0.25, 0.3) is 0 Å². The van der Waals surface area contributed by atoms with E-state index < -0.39 is 48.7 Å². The lowest BCUT2D eigenvalue weighted by Crippen LogP contribution is -2.68. The lowest BCUT2D eigenvalue weighted by Gasteiger charge is -2.50. The summed E-state index contributed by atoms with van der Waals surface area (Å²) < 4.78 is 32.2. The molecule has 2 amide bonds. The van der Waals surface area contributed by atoms with Gasteiger partial charge in [0.25, 0.3) is 11.8 Å². The van der Waals surface area contributed by atoms with Crippen LogP contribution in [0.5, 0.6) is 0 Å². The Labute approximate surface area is 249 Å². The molecule has 0 bridgehead atoms. The molecular formula is C35H31NO7. The van der Waals surface area contributed by atoms with Crippen LogP contribution in [0.1, 0.15) is 43.7 Å². The largest absolute Gasteiger partial charge is 0.368 e. The number of amides is 2. The van der Waals surface area contributed by atoms with Gasteiger partial charge in [-0.2, -0.15) is 0 Å². The molecule has 0 saturated carbocycles. The van der Waals surface area contributed by atoms with E-state index in [1.54, 1.807) is 24.3 Å². The third-order valence-corrected chi connectivity index (χ3v) is 8.04. The molecule has 3 aliphatic heterocycles. The van der Waals surface area contributed by atoms with Gasteiger partial charge in [0.2, 0.25) is 0 Å². The Kier molecular flexibility index (Phi) is 7.84. The van der Waals surface area contributed by atoms with E-state index in [0.717, 1.165) is 16.7 Å². The van der Waals surface area contributed by atoms with Gasteiger partial charge >= 0.3 is 0 Å². The van der Waals surface area contributed by atoms with E-state index in [4.69, 9.17) is 23.7 Å². The Balaban J connectivity index is 1.26. The van der Waals surface area contributed by atoms with Gasteiger partial charge in [0, 0.05) is 5.56 Å². The Bertz CT molecular complexity index is 1530. The molecule has 0 radical (unpaired) electrons. The predicted molar refractivity (Wildman–Crippen MR) is 156 cm³/mol. The minimum Gasteiger partial charge on any atom is -0.368 e. The second-order valence-corrected chi connectivity index (χ2v) is 10.8. The van der Waals surface area contributed by atoms with Crippen LogP contribution in [0.4, 0.5) is 0 Å². The van der Waals surface area contributed by atoms with Crippen LogP contribution in [0.3, 0.4) is 0 Å². The fourth-order valence-electron chi connectivity index (χ4n) is 5.94. The van der Waals surface area contributed by atoms with Crippen molar-refractivity contribution in [2.75, 3.05) is 6.61 Å². The number of carbonyl (C=O) groups is 2. The molecule has 0 aliphatic carbocycles. The van der Waals surface area contributed by atoms with Gasteiger partial charge in [-0.3, -0.25) is 14.5 Å². The SMILES string of the molecule is O=C1c2ccccc2C(=O)N1C1[C@H](OCc2ccccc2)OC2COC(c3ccccc3)O[C@H]2[C@H]1OCc1ccccc1. The van der Waals surface area contributed by atoms with Gasteiger partial charge in [0.15, 0.2) is 12.6 Å².